The molecule has 2 aliphatic rings. The number of carbonyl (C=O) groups is 1. The predicted molar refractivity (Wildman–Crippen MR) is 59.3 cm³/mol. The van der Waals surface area contributed by atoms with Gasteiger partial charge in [-0.15, -0.1) is 0 Å². The zero-order valence-electron chi connectivity index (χ0n) is 10.3. The maximum atomic E-state index is 10.9. The lowest BCUT2D eigenvalue weighted by atomic mass is 10.1. The molecule has 0 aromatic carbocycles. The van der Waals surface area contributed by atoms with E-state index in [9.17, 15) is 4.79 Å². The van der Waals surface area contributed by atoms with Crippen molar-refractivity contribution in [2.75, 3.05) is 6.61 Å². The predicted octanol–water partition coefficient (Wildman–Crippen LogP) is 1.02. The van der Waals surface area contributed by atoms with Crippen molar-refractivity contribution in [1.82, 2.24) is 0 Å². The van der Waals surface area contributed by atoms with Crippen LogP contribution in [0.5, 0.6) is 0 Å². The molecule has 17 heavy (non-hydrogen) atoms. The Balaban J connectivity index is 2.02. The van der Waals surface area contributed by atoms with E-state index in [1.54, 1.807) is 0 Å². The summed E-state index contributed by atoms with van der Waals surface area (Å²) in [4.78, 5) is 10.9. The Morgan fingerprint density at radius 1 is 1.35 bits per heavy atom. The Hall–Kier alpha value is -0.750. The van der Waals surface area contributed by atoms with E-state index in [2.05, 4.69) is 0 Å². The van der Waals surface area contributed by atoms with Crippen molar-refractivity contribution in [1.29, 1.82) is 0 Å². The topological polar surface area (TPSA) is 54.0 Å². The molecule has 4 atom stereocenters. The molecule has 5 nitrogen and oxygen atoms in total. The molecule has 2 aliphatic heterocycles. The van der Waals surface area contributed by atoms with Gasteiger partial charge in [-0.2, -0.15) is 0 Å². The summed E-state index contributed by atoms with van der Waals surface area (Å²) >= 11 is 0. The molecular weight excluding hydrogens is 224 g/mol. The van der Waals surface area contributed by atoms with Crippen molar-refractivity contribution in [2.24, 2.45) is 0 Å². The summed E-state index contributed by atoms with van der Waals surface area (Å²) in [6.07, 6.45) is 2.61. The van der Waals surface area contributed by atoms with Gasteiger partial charge in [-0.05, 0) is 20.8 Å². The van der Waals surface area contributed by atoms with Crippen LogP contribution in [0, 0.1) is 0 Å². The third-order valence-electron chi connectivity index (χ3n) is 2.78. The fourth-order valence-electron chi connectivity index (χ4n) is 2.07. The van der Waals surface area contributed by atoms with E-state index >= 15 is 0 Å². The monoisotopic (exact) mass is 242 g/mol. The number of aldehydes is 1. The maximum Gasteiger partial charge on any atom is 0.190 e. The zero-order valence-corrected chi connectivity index (χ0v) is 10.3. The normalized spacial score (nSPS) is 39.7. The van der Waals surface area contributed by atoms with Crippen LogP contribution in [0.3, 0.4) is 0 Å². The van der Waals surface area contributed by atoms with Crippen LogP contribution in [0.2, 0.25) is 0 Å². The van der Waals surface area contributed by atoms with Gasteiger partial charge in [0.25, 0.3) is 0 Å². The van der Waals surface area contributed by atoms with E-state index < -0.39 is 24.3 Å². The van der Waals surface area contributed by atoms with E-state index in [1.807, 2.05) is 32.9 Å². The highest BCUT2D eigenvalue weighted by Crippen LogP contribution is 2.38. The van der Waals surface area contributed by atoms with Crippen LogP contribution in [0.1, 0.15) is 20.8 Å². The number of carbonyl (C=O) groups excluding carboxylic acids is 1. The van der Waals surface area contributed by atoms with E-state index in [4.69, 9.17) is 18.9 Å². The molecule has 0 bridgehead atoms. The van der Waals surface area contributed by atoms with Gasteiger partial charge in [0.05, 0.1) is 6.61 Å². The highest BCUT2D eigenvalue weighted by Gasteiger charge is 2.55. The molecule has 0 saturated carbocycles. The van der Waals surface area contributed by atoms with Gasteiger partial charge < -0.3 is 23.7 Å². The Morgan fingerprint density at radius 2 is 2.12 bits per heavy atom. The first-order valence-electron chi connectivity index (χ1n) is 5.76. The first-order chi connectivity index (χ1) is 8.07. The number of hydrogen-bond donors (Lipinski definition) is 0. The van der Waals surface area contributed by atoms with Crippen molar-refractivity contribution >= 4 is 6.29 Å². The largest absolute Gasteiger partial charge is 0.368 e. The second-order valence-electron chi connectivity index (χ2n) is 4.57. The Labute approximate surface area is 101 Å². The molecule has 0 radical (unpaired) electrons. The minimum atomic E-state index is -0.689. The lowest BCUT2D eigenvalue weighted by Crippen LogP contribution is -2.37. The molecule has 5 heteroatoms. The Kier molecular flexibility index (Phi) is 3.63. The summed E-state index contributed by atoms with van der Waals surface area (Å²) in [6, 6.07) is 0. The number of fused-ring (bicyclic) bond motifs is 1. The van der Waals surface area contributed by atoms with Gasteiger partial charge in [0.15, 0.2) is 18.4 Å². The lowest BCUT2D eigenvalue weighted by Gasteiger charge is -2.23. The third kappa shape index (κ3) is 2.57. The first-order valence-corrected chi connectivity index (χ1v) is 5.76. The number of ether oxygens (including phenoxy) is 4. The summed E-state index contributed by atoms with van der Waals surface area (Å²) in [6.45, 7) is 5.97. The molecule has 0 aromatic heterocycles. The zero-order chi connectivity index (χ0) is 12.5. The van der Waals surface area contributed by atoms with Crippen LogP contribution >= 0.6 is 0 Å². The fraction of sp³-hybridized carbons (Fsp3) is 0.750. The Morgan fingerprint density at radius 3 is 2.76 bits per heavy atom. The van der Waals surface area contributed by atoms with Crippen LogP contribution in [-0.2, 0) is 23.7 Å². The van der Waals surface area contributed by atoms with Gasteiger partial charge in [0, 0.05) is 0 Å². The standard InChI is InChI=1S/C12H18O5/c1-4-5-6-14-9-8(7-13)15-11-10(9)16-12(2,3)17-11/h4-5,7-11H,6H2,1-3H3/b5-4+/t8-,9-,10-,11-/m1/s1. The summed E-state index contributed by atoms with van der Waals surface area (Å²) in [5, 5.41) is 0. The van der Waals surface area contributed by atoms with Gasteiger partial charge in [0.1, 0.15) is 18.3 Å². The first kappa shape index (κ1) is 12.7. The number of hydrogen-bond acceptors (Lipinski definition) is 5. The molecule has 2 fully saturated rings. The second-order valence-corrected chi connectivity index (χ2v) is 4.57. The lowest BCUT2D eigenvalue weighted by molar-refractivity contribution is -0.214. The molecule has 0 N–H and O–H groups in total. The molecule has 0 spiro atoms. The molecule has 2 rings (SSSR count). The summed E-state index contributed by atoms with van der Waals surface area (Å²) in [5.74, 6) is -0.689. The maximum absolute atomic E-state index is 10.9. The van der Waals surface area contributed by atoms with Crippen molar-refractivity contribution < 1.29 is 23.7 Å². The summed E-state index contributed by atoms with van der Waals surface area (Å²) in [7, 11) is 0. The molecule has 0 aliphatic carbocycles. The van der Waals surface area contributed by atoms with Crippen LogP contribution in [0.15, 0.2) is 12.2 Å². The highest BCUT2D eigenvalue weighted by atomic mass is 16.8. The molecule has 0 amide bonds. The quantitative estimate of drug-likeness (QED) is 0.544. The minimum absolute atomic E-state index is 0.342. The van der Waals surface area contributed by atoms with Crippen molar-refractivity contribution in [2.45, 2.75) is 51.2 Å². The van der Waals surface area contributed by atoms with Crippen LogP contribution in [0.4, 0.5) is 0 Å². The average molecular weight is 242 g/mol. The van der Waals surface area contributed by atoms with E-state index in [0.717, 1.165) is 6.29 Å². The van der Waals surface area contributed by atoms with Crippen LogP contribution in [-0.4, -0.2) is 43.3 Å². The summed E-state index contributed by atoms with van der Waals surface area (Å²) in [5.41, 5.74) is 0. The van der Waals surface area contributed by atoms with Crippen molar-refractivity contribution in [3.8, 4) is 0 Å². The number of rotatable bonds is 4. The SMILES string of the molecule is C/C=C/CO[C@H]1[C@H]2OC(C)(C)O[C@H]2O[C@@H]1C=O. The molecular formula is C12H18O5. The molecule has 0 aromatic rings. The van der Waals surface area contributed by atoms with Crippen molar-refractivity contribution in [3.05, 3.63) is 12.2 Å². The molecule has 2 saturated heterocycles. The van der Waals surface area contributed by atoms with Crippen LogP contribution in [0.25, 0.3) is 0 Å². The molecule has 0 unspecified atom stereocenters. The third-order valence-corrected chi connectivity index (χ3v) is 2.78. The smallest absolute Gasteiger partial charge is 0.190 e. The van der Waals surface area contributed by atoms with E-state index in [0.29, 0.717) is 6.61 Å². The van der Waals surface area contributed by atoms with E-state index in [-0.39, 0.29) is 6.10 Å². The minimum Gasteiger partial charge on any atom is -0.368 e. The molecule has 96 valence electrons. The van der Waals surface area contributed by atoms with Gasteiger partial charge in [-0.3, -0.25) is 0 Å². The van der Waals surface area contributed by atoms with E-state index in [1.165, 1.54) is 0 Å². The molecule has 2 heterocycles. The van der Waals surface area contributed by atoms with Crippen LogP contribution < -0.4 is 0 Å². The summed E-state index contributed by atoms with van der Waals surface area (Å²) < 4.78 is 22.3. The Bertz CT molecular complexity index is 312. The second kappa shape index (κ2) is 4.86. The fourth-order valence-corrected chi connectivity index (χ4v) is 2.07. The van der Waals surface area contributed by atoms with Gasteiger partial charge >= 0.3 is 0 Å². The van der Waals surface area contributed by atoms with Gasteiger partial charge in [0.2, 0.25) is 0 Å². The van der Waals surface area contributed by atoms with Gasteiger partial charge in [-0.1, -0.05) is 12.2 Å². The van der Waals surface area contributed by atoms with Crippen molar-refractivity contribution in [3.63, 3.8) is 0 Å². The number of allylic oxidation sites excluding steroid dienone is 1. The van der Waals surface area contributed by atoms with Gasteiger partial charge in [-0.25, -0.2) is 0 Å². The average Bonchev–Trinajstić information content (AvgIpc) is 2.72. The highest BCUT2D eigenvalue weighted by molar-refractivity contribution is 5.58.